The van der Waals surface area contributed by atoms with Crippen molar-refractivity contribution in [2.75, 3.05) is 37.6 Å². The van der Waals surface area contributed by atoms with E-state index in [2.05, 4.69) is 9.88 Å². The van der Waals surface area contributed by atoms with Crippen molar-refractivity contribution in [1.82, 2.24) is 14.5 Å². The summed E-state index contributed by atoms with van der Waals surface area (Å²) in [5.74, 6) is -1.42. The van der Waals surface area contributed by atoms with Crippen LogP contribution in [0.1, 0.15) is 29.2 Å². The highest BCUT2D eigenvalue weighted by molar-refractivity contribution is 5.93. The third kappa shape index (κ3) is 4.23. The van der Waals surface area contributed by atoms with Gasteiger partial charge in [0.1, 0.15) is 11.9 Å². The Balaban J connectivity index is 1.68. The van der Waals surface area contributed by atoms with E-state index in [4.69, 9.17) is 5.11 Å². The highest BCUT2D eigenvalue weighted by atomic mass is 16.4. The molecule has 31 heavy (non-hydrogen) atoms. The van der Waals surface area contributed by atoms with Crippen molar-refractivity contribution < 1.29 is 24.9 Å². The molecule has 9 nitrogen and oxygen atoms in total. The van der Waals surface area contributed by atoms with Crippen LogP contribution in [0.25, 0.3) is 16.7 Å². The van der Waals surface area contributed by atoms with Crippen molar-refractivity contribution in [3.05, 3.63) is 53.9 Å². The zero-order chi connectivity index (χ0) is 22.1. The molecule has 1 unspecified atom stereocenters. The summed E-state index contributed by atoms with van der Waals surface area (Å²) >= 11 is 0. The fraction of sp³-hybridized carbons (Fsp3) is 0.318. The molecule has 1 aliphatic rings. The number of piperazine rings is 1. The van der Waals surface area contributed by atoms with E-state index < -0.39 is 18.0 Å². The number of fused-ring (bicyclic) bond motifs is 1. The molecule has 2 aromatic carbocycles. The summed E-state index contributed by atoms with van der Waals surface area (Å²) in [7, 11) is 0. The van der Waals surface area contributed by atoms with Crippen LogP contribution in [0.3, 0.4) is 0 Å². The highest BCUT2D eigenvalue weighted by Gasteiger charge is 2.21. The Labute approximate surface area is 178 Å². The molecule has 2 heterocycles. The molecule has 0 spiro atoms. The maximum Gasteiger partial charge on any atom is 0.335 e. The molecule has 0 bridgehead atoms. The average Bonchev–Trinajstić information content (AvgIpc) is 3.13. The number of carboxylic acid groups (broad SMARTS) is 2. The van der Waals surface area contributed by atoms with E-state index in [1.54, 1.807) is 13.0 Å². The van der Waals surface area contributed by atoms with Crippen molar-refractivity contribution in [3.63, 3.8) is 0 Å². The number of hydrogen-bond donors (Lipinski definition) is 3. The molecule has 1 aliphatic heterocycles. The van der Waals surface area contributed by atoms with Gasteiger partial charge in [-0.3, -0.25) is 14.3 Å². The minimum atomic E-state index is -1.03. The second kappa shape index (κ2) is 8.37. The molecule has 1 fully saturated rings. The van der Waals surface area contributed by atoms with Gasteiger partial charge in [-0.05, 0) is 43.3 Å². The van der Waals surface area contributed by atoms with Crippen LogP contribution in [0.2, 0.25) is 0 Å². The van der Waals surface area contributed by atoms with E-state index in [9.17, 15) is 19.8 Å². The minimum absolute atomic E-state index is 0.0466. The first kappa shape index (κ1) is 20.8. The maximum atomic E-state index is 11.3. The quantitative estimate of drug-likeness (QED) is 0.550. The van der Waals surface area contributed by atoms with E-state index in [0.29, 0.717) is 43.0 Å². The van der Waals surface area contributed by atoms with Crippen LogP contribution in [0.5, 0.6) is 0 Å². The normalized spacial score (nSPS) is 15.9. The number of aromatic nitrogens is 2. The summed E-state index contributed by atoms with van der Waals surface area (Å²) in [6.45, 7) is 4.44. The number of aliphatic carboxylic acids is 1. The molecule has 162 valence electrons. The molecule has 3 aromatic rings. The number of nitrogens with zero attached hydrogens (tertiary/aromatic N) is 4. The lowest BCUT2D eigenvalue weighted by atomic mass is 10.2. The average molecular weight is 424 g/mol. The topological polar surface area (TPSA) is 119 Å². The van der Waals surface area contributed by atoms with Crippen LogP contribution < -0.4 is 4.90 Å². The fourth-order valence-corrected chi connectivity index (χ4v) is 3.97. The minimum Gasteiger partial charge on any atom is -0.480 e. The summed E-state index contributed by atoms with van der Waals surface area (Å²) in [5.41, 5.74) is 3.16. The molecular weight excluding hydrogens is 400 g/mol. The van der Waals surface area contributed by atoms with Gasteiger partial charge in [-0.2, -0.15) is 0 Å². The molecule has 0 amide bonds. The van der Waals surface area contributed by atoms with Crippen LogP contribution in [0.15, 0.2) is 42.5 Å². The number of aliphatic hydroxyl groups excluding tert-OH is 1. The molecule has 0 aliphatic carbocycles. The number of rotatable bonds is 6. The monoisotopic (exact) mass is 424 g/mol. The Bertz CT molecular complexity index is 1130. The molecule has 9 heteroatoms. The second-order valence-electron chi connectivity index (χ2n) is 7.67. The lowest BCUT2D eigenvalue weighted by Gasteiger charge is -2.35. The summed E-state index contributed by atoms with van der Waals surface area (Å²) in [5, 5.41) is 28.5. The molecule has 1 aromatic heterocycles. The molecule has 3 N–H and O–H groups in total. The summed E-state index contributed by atoms with van der Waals surface area (Å²) in [4.78, 5) is 30.8. The van der Waals surface area contributed by atoms with Crippen molar-refractivity contribution in [1.29, 1.82) is 0 Å². The predicted molar refractivity (Wildman–Crippen MR) is 115 cm³/mol. The van der Waals surface area contributed by atoms with Gasteiger partial charge >= 0.3 is 11.9 Å². The van der Waals surface area contributed by atoms with Gasteiger partial charge in [0.05, 0.1) is 23.1 Å². The summed E-state index contributed by atoms with van der Waals surface area (Å²) in [6, 6.07) is 12.6. The Hall–Kier alpha value is -3.43. The van der Waals surface area contributed by atoms with E-state index in [-0.39, 0.29) is 12.1 Å². The molecule has 0 radical (unpaired) electrons. The molecule has 0 saturated carbocycles. The van der Waals surface area contributed by atoms with E-state index >= 15 is 0 Å². The zero-order valence-corrected chi connectivity index (χ0v) is 17.1. The summed E-state index contributed by atoms with van der Waals surface area (Å²) in [6.07, 6.45) is -0.844. The van der Waals surface area contributed by atoms with Gasteiger partial charge in [-0.15, -0.1) is 0 Å². The number of benzene rings is 2. The zero-order valence-electron chi connectivity index (χ0n) is 17.1. The first-order chi connectivity index (χ1) is 14.8. The molecule has 4 rings (SSSR count). The lowest BCUT2D eigenvalue weighted by molar-refractivity contribution is -0.138. The van der Waals surface area contributed by atoms with Gasteiger partial charge in [0.25, 0.3) is 0 Å². The molecule has 1 saturated heterocycles. The smallest absolute Gasteiger partial charge is 0.335 e. The largest absolute Gasteiger partial charge is 0.480 e. The van der Waals surface area contributed by atoms with Gasteiger partial charge in [-0.25, -0.2) is 9.78 Å². The third-order valence-electron chi connectivity index (χ3n) is 5.49. The van der Waals surface area contributed by atoms with Crippen molar-refractivity contribution in [3.8, 4) is 5.69 Å². The lowest BCUT2D eigenvalue weighted by Crippen LogP contribution is -2.48. The fourth-order valence-electron chi connectivity index (χ4n) is 3.97. The van der Waals surface area contributed by atoms with Crippen LogP contribution in [0, 0.1) is 0 Å². The first-order valence-corrected chi connectivity index (χ1v) is 10.1. The van der Waals surface area contributed by atoms with E-state index in [1.807, 2.05) is 33.7 Å². The van der Waals surface area contributed by atoms with Gasteiger partial charge in [-0.1, -0.05) is 6.07 Å². The number of aromatic carboxylic acids is 1. The standard InChI is InChI=1S/C22H24N4O5/c1-14(27)21-23-18-11-15(22(30)31)5-6-19(18)26(21)17-4-2-3-16(12-17)25-9-7-24(8-10-25)13-20(28)29/h2-6,11-12,14,27H,7-10,13H2,1H3,(H,28,29)(H,30,31). The van der Waals surface area contributed by atoms with E-state index in [0.717, 1.165) is 11.4 Å². The SMILES string of the molecule is CC(O)c1nc2cc(C(=O)O)ccc2n1-c1cccc(N2CCN(CC(=O)O)CC2)c1. The second-order valence-corrected chi connectivity index (χ2v) is 7.67. The van der Waals surface area contributed by atoms with Gasteiger partial charge in [0.15, 0.2) is 0 Å². The van der Waals surface area contributed by atoms with Crippen molar-refractivity contribution in [2.24, 2.45) is 0 Å². The van der Waals surface area contributed by atoms with Crippen LogP contribution in [-0.2, 0) is 4.79 Å². The van der Waals surface area contributed by atoms with Gasteiger partial charge in [0, 0.05) is 37.6 Å². The predicted octanol–water partition coefficient (Wildman–Crippen LogP) is 1.98. The van der Waals surface area contributed by atoms with E-state index in [1.165, 1.54) is 12.1 Å². The molecule has 1 atom stereocenters. The number of imidazole rings is 1. The highest BCUT2D eigenvalue weighted by Crippen LogP contribution is 2.28. The Morgan fingerprint density at radius 3 is 2.39 bits per heavy atom. The molecular formula is C22H24N4O5. The Kier molecular flexibility index (Phi) is 5.62. The Morgan fingerprint density at radius 1 is 1.03 bits per heavy atom. The maximum absolute atomic E-state index is 11.3. The first-order valence-electron chi connectivity index (χ1n) is 10.1. The number of aliphatic hydroxyl groups is 1. The number of hydrogen-bond acceptors (Lipinski definition) is 6. The van der Waals surface area contributed by atoms with Crippen molar-refractivity contribution in [2.45, 2.75) is 13.0 Å². The summed E-state index contributed by atoms with van der Waals surface area (Å²) < 4.78 is 1.84. The Morgan fingerprint density at radius 2 is 1.74 bits per heavy atom. The van der Waals surface area contributed by atoms with Crippen LogP contribution >= 0.6 is 0 Å². The number of carbonyl (C=O) groups is 2. The van der Waals surface area contributed by atoms with Gasteiger partial charge < -0.3 is 20.2 Å². The van der Waals surface area contributed by atoms with Crippen LogP contribution in [0.4, 0.5) is 5.69 Å². The van der Waals surface area contributed by atoms with Gasteiger partial charge in [0.2, 0.25) is 0 Å². The number of anilines is 1. The van der Waals surface area contributed by atoms with Crippen molar-refractivity contribution >= 4 is 28.7 Å². The van der Waals surface area contributed by atoms with Crippen LogP contribution in [-0.4, -0.2) is 74.4 Å². The third-order valence-corrected chi connectivity index (χ3v) is 5.49. The number of carboxylic acids is 2.